The molecule has 0 fully saturated rings. The molecule has 0 aromatic carbocycles. The molecule has 0 unspecified atom stereocenters. The van der Waals surface area contributed by atoms with Gasteiger partial charge < -0.3 is 10.2 Å². The largest absolute Gasteiger partial charge is 0.504 e. The molecule has 214 valence electrons. The lowest BCUT2D eigenvalue weighted by Gasteiger charge is -2.35. The van der Waals surface area contributed by atoms with Crippen molar-refractivity contribution in [3.8, 4) is 0 Å². The average molecular weight is 545 g/mol. The number of hydrogen-bond acceptors (Lipinski definition) is 5. The summed E-state index contributed by atoms with van der Waals surface area (Å²) in [6.45, 7) is 23.4. The molecule has 0 spiro atoms. The van der Waals surface area contributed by atoms with Gasteiger partial charge in [0.1, 0.15) is 0 Å². The van der Waals surface area contributed by atoms with E-state index in [2.05, 4.69) is 0 Å². The monoisotopic (exact) mass is 544 g/mol. The van der Waals surface area contributed by atoms with Crippen molar-refractivity contribution in [1.82, 2.24) is 0 Å². The third-order valence-corrected chi connectivity index (χ3v) is 7.33. The van der Waals surface area contributed by atoms with Crippen LogP contribution in [-0.2, 0) is 14.4 Å². The van der Waals surface area contributed by atoms with Crippen LogP contribution < -0.4 is 0 Å². The first-order valence-corrected chi connectivity index (χ1v) is 13.8. The summed E-state index contributed by atoms with van der Waals surface area (Å²) in [6.07, 6.45) is 10.1. The van der Waals surface area contributed by atoms with Crippen molar-refractivity contribution in [2.24, 2.45) is 21.7 Å². The molecule has 0 amide bonds. The number of aliphatic hydroxyl groups excluding tert-OH is 2. The van der Waals surface area contributed by atoms with Gasteiger partial charge in [-0.3, -0.25) is 14.4 Å². The third kappa shape index (κ3) is 6.09. The molecule has 5 heteroatoms. The molecule has 5 nitrogen and oxygen atoms in total. The molecular formula is C35H44O5. The molecule has 0 atom stereocenters. The minimum atomic E-state index is -0.556. The second-order valence-corrected chi connectivity index (χ2v) is 15.0. The number of ketones is 3. The van der Waals surface area contributed by atoms with E-state index in [-0.39, 0.29) is 17.3 Å². The van der Waals surface area contributed by atoms with Crippen LogP contribution in [0.3, 0.4) is 0 Å². The normalized spacial score (nSPS) is 20.5. The van der Waals surface area contributed by atoms with Crippen LogP contribution in [-0.4, -0.2) is 27.6 Å². The van der Waals surface area contributed by atoms with E-state index >= 15 is 0 Å². The lowest BCUT2D eigenvalue weighted by Crippen LogP contribution is -2.29. The molecule has 0 aromatic heterocycles. The quantitative estimate of drug-likeness (QED) is 0.368. The molecule has 0 aromatic rings. The molecule has 0 saturated carbocycles. The Morgan fingerprint density at radius 1 is 0.450 bits per heavy atom. The lowest BCUT2D eigenvalue weighted by atomic mass is 9.68. The maximum Gasteiger partial charge on any atom is 0.223 e. The van der Waals surface area contributed by atoms with Gasteiger partial charge in [0, 0.05) is 22.3 Å². The first-order valence-electron chi connectivity index (χ1n) is 13.8. The maximum absolute atomic E-state index is 13.7. The highest BCUT2D eigenvalue weighted by molar-refractivity contribution is 6.13. The Morgan fingerprint density at radius 3 is 1.00 bits per heavy atom. The Morgan fingerprint density at radius 2 is 0.725 bits per heavy atom. The van der Waals surface area contributed by atoms with E-state index < -0.39 is 33.2 Å². The predicted molar refractivity (Wildman–Crippen MR) is 160 cm³/mol. The Balaban J connectivity index is 2.51. The summed E-state index contributed by atoms with van der Waals surface area (Å²) in [5, 5.41) is 21.6. The van der Waals surface area contributed by atoms with E-state index in [1.807, 2.05) is 95.2 Å². The fourth-order valence-electron chi connectivity index (χ4n) is 5.02. The van der Waals surface area contributed by atoms with Crippen LogP contribution in [0, 0.1) is 33.5 Å². The van der Waals surface area contributed by atoms with Gasteiger partial charge in [-0.2, -0.15) is 0 Å². The maximum atomic E-state index is 13.7. The Labute approximate surface area is 239 Å². The molecule has 3 aliphatic rings. The summed E-state index contributed by atoms with van der Waals surface area (Å²) in [7, 11) is 0. The zero-order valence-corrected chi connectivity index (χ0v) is 26.1. The Kier molecular flexibility index (Phi) is 7.84. The molecule has 0 bridgehead atoms. The number of carbonyl (C=O) groups is 3. The van der Waals surface area contributed by atoms with Crippen molar-refractivity contribution in [1.29, 1.82) is 0 Å². The van der Waals surface area contributed by atoms with Crippen LogP contribution in [0.25, 0.3) is 0 Å². The SMILES string of the molecule is CC(C)(C)C1=C[C](C([C]2C=C(O)C(=O)C(C(C)(C)C)=C2)=C2C=C(C(C)(C)C)C(=O)C(C(C)(C)C)=C2)C=C(O)C1=O. The molecule has 3 rings (SSSR count). The molecular weight excluding hydrogens is 500 g/mol. The first kappa shape index (κ1) is 31.3. The molecule has 40 heavy (non-hydrogen) atoms. The first-order chi connectivity index (χ1) is 17.9. The van der Waals surface area contributed by atoms with Crippen molar-refractivity contribution >= 4 is 17.3 Å². The summed E-state index contributed by atoms with van der Waals surface area (Å²) in [4.78, 5) is 39.7. The van der Waals surface area contributed by atoms with Gasteiger partial charge >= 0.3 is 0 Å². The fraction of sp³-hybridized carbons (Fsp3) is 0.457. The topological polar surface area (TPSA) is 91.7 Å². The van der Waals surface area contributed by atoms with Crippen LogP contribution in [0.4, 0.5) is 0 Å². The van der Waals surface area contributed by atoms with Gasteiger partial charge in [-0.25, -0.2) is 0 Å². The summed E-state index contributed by atoms with van der Waals surface area (Å²) in [6, 6.07) is 0. The van der Waals surface area contributed by atoms with Gasteiger partial charge in [-0.15, -0.1) is 0 Å². The minimum Gasteiger partial charge on any atom is -0.504 e. The summed E-state index contributed by atoms with van der Waals surface area (Å²) >= 11 is 0. The van der Waals surface area contributed by atoms with E-state index in [0.717, 1.165) is 0 Å². The smallest absolute Gasteiger partial charge is 0.223 e. The van der Waals surface area contributed by atoms with Crippen LogP contribution >= 0.6 is 0 Å². The molecule has 0 heterocycles. The van der Waals surface area contributed by atoms with Crippen LogP contribution in [0.15, 0.2) is 81.4 Å². The molecule has 2 N–H and O–H groups in total. The van der Waals surface area contributed by atoms with E-state index in [4.69, 9.17) is 0 Å². The van der Waals surface area contributed by atoms with Gasteiger partial charge in [0.2, 0.25) is 11.6 Å². The highest BCUT2D eigenvalue weighted by atomic mass is 16.3. The number of rotatable bonds is 2. The Bertz CT molecular complexity index is 1270. The second-order valence-electron chi connectivity index (χ2n) is 15.0. The summed E-state index contributed by atoms with van der Waals surface area (Å²) in [5.41, 5.74) is 1.41. The number of aliphatic hydroxyl groups is 2. The molecule has 0 saturated heterocycles. The van der Waals surface area contributed by atoms with Crippen molar-refractivity contribution in [3.05, 3.63) is 93.2 Å². The molecule has 0 aliphatic heterocycles. The number of hydrogen-bond donors (Lipinski definition) is 2. The van der Waals surface area contributed by atoms with E-state index in [9.17, 15) is 24.6 Å². The van der Waals surface area contributed by atoms with E-state index in [1.54, 1.807) is 12.2 Å². The van der Waals surface area contributed by atoms with Gasteiger partial charge in [-0.05, 0) is 57.1 Å². The van der Waals surface area contributed by atoms with Crippen molar-refractivity contribution in [2.75, 3.05) is 0 Å². The molecule has 2 radical (unpaired) electrons. The highest BCUT2D eigenvalue weighted by Crippen LogP contribution is 2.46. The predicted octanol–water partition coefficient (Wildman–Crippen LogP) is 7.95. The molecule has 3 aliphatic carbocycles. The minimum absolute atomic E-state index is 0.0237. The number of Topliss-reactive ketones (excluding diaryl/α,β-unsaturated/α-hetero) is 3. The lowest BCUT2D eigenvalue weighted by molar-refractivity contribution is -0.116. The zero-order valence-electron chi connectivity index (χ0n) is 26.1. The number of allylic oxidation sites excluding steroid dienone is 12. The van der Waals surface area contributed by atoms with Crippen molar-refractivity contribution in [3.63, 3.8) is 0 Å². The zero-order chi connectivity index (χ0) is 30.7. The van der Waals surface area contributed by atoms with Gasteiger partial charge in [0.25, 0.3) is 0 Å². The summed E-state index contributed by atoms with van der Waals surface area (Å²) < 4.78 is 0. The second kappa shape index (κ2) is 10.0. The van der Waals surface area contributed by atoms with Crippen LogP contribution in [0.5, 0.6) is 0 Å². The van der Waals surface area contributed by atoms with Crippen molar-refractivity contribution < 1.29 is 24.6 Å². The van der Waals surface area contributed by atoms with E-state index in [0.29, 0.717) is 45.3 Å². The van der Waals surface area contributed by atoms with Crippen LogP contribution in [0.1, 0.15) is 83.1 Å². The van der Waals surface area contributed by atoms with Gasteiger partial charge in [0.05, 0.1) is 11.8 Å². The fourth-order valence-corrected chi connectivity index (χ4v) is 5.02. The van der Waals surface area contributed by atoms with E-state index in [1.165, 1.54) is 12.2 Å². The van der Waals surface area contributed by atoms with Gasteiger partial charge in [0.15, 0.2) is 17.3 Å². The van der Waals surface area contributed by atoms with Crippen molar-refractivity contribution in [2.45, 2.75) is 83.1 Å². The third-order valence-electron chi connectivity index (χ3n) is 7.33. The average Bonchev–Trinajstić information content (AvgIpc) is 2.76. The highest BCUT2D eigenvalue weighted by Gasteiger charge is 2.40. The standard InChI is InChI=1S/C35H44O5/c1-32(2,3)22-13-19(14-23(29(22)38)33(4,5)6)28(20-15-24(34(7,8)9)30(39)26(36)17-20)21-16-25(35(10,11)12)31(40)27(37)18-21/h13-18,36-37H,1-12H3. The van der Waals surface area contributed by atoms with Crippen LogP contribution in [0.2, 0.25) is 0 Å². The Hall–Kier alpha value is -3.21. The number of carbonyl (C=O) groups excluding carboxylic acids is 3. The van der Waals surface area contributed by atoms with Gasteiger partial charge in [-0.1, -0.05) is 95.2 Å². The summed E-state index contributed by atoms with van der Waals surface area (Å²) in [5.74, 6) is -0.559.